The lowest BCUT2D eigenvalue weighted by molar-refractivity contribution is -0.157. The fourth-order valence-electron chi connectivity index (χ4n) is 1.58. The van der Waals surface area contributed by atoms with Gasteiger partial charge >= 0.3 is 11.9 Å². The summed E-state index contributed by atoms with van der Waals surface area (Å²) in [4.78, 5) is 21.8. The van der Waals surface area contributed by atoms with Gasteiger partial charge in [0.15, 0.2) is 0 Å². The van der Waals surface area contributed by atoms with E-state index in [2.05, 4.69) is 0 Å². The lowest BCUT2D eigenvalue weighted by Gasteiger charge is -2.30. The molecule has 0 saturated carbocycles. The average molecular weight is 186 g/mol. The SMILES string of the molecule is CC(C)C1(C)OC(=O)CC1C(=O)O. The Kier molecular flexibility index (Phi) is 2.32. The average Bonchev–Trinajstić information content (AvgIpc) is 2.27. The van der Waals surface area contributed by atoms with Gasteiger partial charge in [0.1, 0.15) is 11.5 Å². The van der Waals surface area contributed by atoms with Crippen LogP contribution in [0, 0.1) is 11.8 Å². The number of esters is 1. The Balaban J connectivity index is 2.95. The van der Waals surface area contributed by atoms with Crippen LogP contribution in [0.2, 0.25) is 0 Å². The zero-order valence-corrected chi connectivity index (χ0v) is 8.03. The fourth-order valence-corrected chi connectivity index (χ4v) is 1.58. The van der Waals surface area contributed by atoms with Crippen LogP contribution < -0.4 is 0 Å². The molecule has 0 bridgehead atoms. The maximum atomic E-state index is 11.0. The highest BCUT2D eigenvalue weighted by atomic mass is 16.6. The predicted molar refractivity (Wildman–Crippen MR) is 45.1 cm³/mol. The van der Waals surface area contributed by atoms with Crippen LogP contribution in [-0.2, 0) is 14.3 Å². The molecule has 1 aliphatic rings. The second-order valence-corrected chi connectivity index (χ2v) is 3.91. The summed E-state index contributed by atoms with van der Waals surface area (Å²) in [6.45, 7) is 5.39. The van der Waals surface area contributed by atoms with Crippen LogP contribution in [0.25, 0.3) is 0 Å². The molecule has 0 aliphatic carbocycles. The lowest BCUT2D eigenvalue weighted by Crippen LogP contribution is -2.41. The molecule has 1 rings (SSSR count). The highest BCUT2D eigenvalue weighted by Gasteiger charge is 2.51. The molecule has 0 spiro atoms. The van der Waals surface area contributed by atoms with Gasteiger partial charge in [-0.25, -0.2) is 0 Å². The molecule has 0 aromatic heterocycles. The summed E-state index contributed by atoms with van der Waals surface area (Å²) in [6, 6.07) is 0. The van der Waals surface area contributed by atoms with E-state index in [0.717, 1.165) is 0 Å². The van der Waals surface area contributed by atoms with E-state index in [4.69, 9.17) is 9.84 Å². The van der Waals surface area contributed by atoms with E-state index < -0.39 is 23.5 Å². The zero-order chi connectivity index (χ0) is 10.2. The van der Waals surface area contributed by atoms with Gasteiger partial charge in [-0.2, -0.15) is 0 Å². The Labute approximate surface area is 76.9 Å². The summed E-state index contributed by atoms with van der Waals surface area (Å²) in [5, 5.41) is 8.88. The van der Waals surface area contributed by atoms with E-state index in [9.17, 15) is 9.59 Å². The van der Waals surface area contributed by atoms with Gasteiger partial charge in [-0.05, 0) is 12.8 Å². The Morgan fingerprint density at radius 3 is 2.54 bits per heavy atom. The summed E-state index contributed by atoms with van der Waals surface area (Å²) in [5.74, 6) is -2.06. The van der Waals surface area contributed by atoms with Crippen molar-refractivity contribution in [2.24, 2.45) is 11.8 Å². The van der Waals surface area contributed by atoms with E-state index in [1.165, 1.54) is 0 Å². The van der Waals surface area contributed by atoms with Crippen molar-refractivity contribution < 1.29 is 19.4 Å². The second-order valence-electron chi connectivity index (χ2n) is 3.91. The molecule has 74 valence electrons. The summed E-state index contributed by atoms with van der Waals surface area (Å²) in [7, 11) is 0. The molecular weight excluding hydrogens is 172 g/mol. The van der Waals surface area contributed by atoms with Crippen LogP contribution in [-0.4, -0.2) is 22.6 Å². The van der Waals surface area contributed by atoms with Gasteiger partial charge in [-0.15, -0.1) is 0 Å². The van der Waals surface area contributed by atoms with Crippen LogP contribution >= 0.6 is 0 Å². The number of cyclic esters (lactones) is 1. The summed E-state index contributed by atoms with van der Waals surface area (Å²) in [5.41, 5.74) is -0.844. The van der Waals surface area contributed by atoms with Crippen molar-refractivity contribution >= 4 is 11.9 Å². The molecule has 4 heteroatoms. The van der Waals surface area contributed by atoms with Crippen molar-refractivity contribution in [1.29, 1.82) is 0 Å². The third-order valence-corrected chi connectivity index (χ3v) is 2.84. The van der Waals surface area contributed by atoms with E-state index >= 15 is 0 Å². The molecule has 0 radical (unpaired) electrons. The van der Waals surface area contributed by atoms with Gasteiger partial charge in [0.25, 0.3) is 0 Å². The van der Waals surface area contributed by atoms with Gasteiger partial charge in [0.2, 0.25) is 0 Å². The summed E-state index contributed by atoms with van der Waals surface area (Å²) < 4.78 is 5.06. The standard InChI is InChI=1S/C9H14O4/c1-5(2)9(3)6(8(11)12)4-7(10)13-9/h5-6H,4H2,1-3H3,(H,11,12). The molecule has 1 heterocycles. The van der Waals surface area contributed by atoms with Crippen LogP contribution in [0.4, 0.5) is 0 Å². The predicted octanol–water partition coefficient (Wildman–Crippen LogP) is 1.05. The normalized spacial score (nSPS) is 33.5. The number of hydrogen-bond acceptors (Lipinski definition) is 3. The zero-order valence-electron chi connectivity index (χ0n) is 8.03. The number of carboxylic acids is 1. The van der Waals surface area contributed by atoms with E-state index in [-0.39, 0.29) is 12.3 Å². The maximum absolute atomic E-state index is 11.0. The van der Waals surface area contributed by atoms with Gasteiger partial charge in [-0.1, -0.05) is 13.8 Å². The minimum Gasteiger partial charge on any atom is -0.481 e. The monoisotopic (exact) mass is 186 g/mol. The number of carbonyl (C=O) groups is 2. The van der Waals surface area contributed by atoms with E-state index in [1.54, 1.807) is 6.92 Å². The highest BCUT2D eigenvalue weighted by Crippen LogP contribution is 2.38. The van der Waals surface area contributed by atoms with Crippen LogP contribution in [0.15, 0.2) is 0 Å². The van der Waals surface area contributed by atoms with Crippen molar-refractivity contribution in [3.05, 3.63) is 0 Å². The number of aliphatic carboxylic acids is 1. The smallest absolute Gasteiger partial charge is 0.311 e. The third-order valence-electron chi connectivity index (χ3n) is 2.84. The van der Waals surface area contributed by atoms with Crippen molar-refractivity contribution in [1.82, 2.24) is 0 Å². The van der Waals surface area contributed by atoms with Crippen LogP contribution in [0.1, 0.15) is 27.2 Å². The van der Waals surface area contributed by atoms with E-state index in [1.807, 2.05) is 13.8 Å². The minimum atomic E-state index is -0.956. The molecule has 13 heavy (non-hydrogen) atoms. The quantitative estimate of drug-likeness (QED) is 0.654. The number of carbonyl (C=O) groups excluding carboxylic acids is 1. The molecule has 0 aromatic carbocycles. The van der Waals surface area contributed by atoms with Gasteiger partial charge < -0.3 is 9.84 Å². The van der Waals surface area contributed by atoms with Crippen molar-refractivity contribution in [2.45, 2.75) is 32.8 Å². The first-order chi connectivity index (χ1) is 5.88. The van der Waals surface area contributed by atoms with Crippen LogP contribution in [0.3, 0.4) is 0 Å². The molecule has 1 N–H and O–H groups in total. The number of ether oxygens (including phenoxy) is 1. The molecule has 1 aliphatic heterocycles. The largest absolute Gasteiger partial charge is 0.481 e. The summed E-state index contributed by atoms with van der Waals surface area (Å²) >= 11 is 0. The van der Waals surface area contributed by atoms with Crippen molar-refractivity contribution in [2.75, 3.05) is 0 Å². The minimum absolute atomic E-state index is 0.00991. The molecular formula is C9H14O4. The molecule has 0 aromatic rings. The number of rotatable bonds is 2. The first kappa shape index (κ1) is 10.0. The fraction of sp³-hybridized carbons (Fsp3) is 0.778. The van der Waals surface area contributed by atoms with Crippen molar-refractivity contribution in [3.8, 4) is 0 Å². The molecule has 2 unspecified atom stereocenters. The van der Waals surface area contributed by atoms with Gasteiger partial charge in [-0.3, -0.25) is 9.59 Å². The van der Waals surface area contributed by atoms with E-state index in [0.29, 0.717) is 0 Å². The Bertz CT molecular complexity index is 246. The van der Waals surface area contributed by atoms with Crippen molar-refractivity contribution in [3.63, 3.8) is 0 Å². The van der Waals surface area contributed by atoms with Gasteiger partial charge in [0, 0.05) is 0 Å². The summed E-state index contributed by atoms with van der Waals surface area (Å²) in [6.07, 6.45) is -0.00991. The first-order valence-electron chi connectivity index (χ1n) is 4.32. The molecule has 0 amide bonds. The Morgan fingerprint density at radius 1 is 1.69 bits per heavy atom. The molecule has 1 fully saturated rings. The number of hydrogen-bond donors (Lipinski definition) is 1. The maximum Gasteiger partial charge on any atom is 0.311 e. The highest BCUT2D eigenvalue weighted by molar-refractivity contribution is 5.83. The third kappa shape index (κ3) is 1.53. The molecule has 1 saturated heterocycles. The topological polar surface area (TPSA) is 63.6 Å². The number of carboxylic acid groups (broad SMARTS) is 1. The lowest BCUT2D eigenvalue weighted by atomic mass is 9.80. The first-order valence-corrected chi connectivity index (χ1v) is 4.32. The second kappa shape index (κ2) is 3.01. The molecule has 4 nitrogen and oxygen atoms in total. The van der Waals surface area contributed by atoms with Crippen LogP contribution in [0.5, 0.6) is 0 Å². The molecule has 2 atom stereocenters. The Hall–Kier alpha value is -1.06. The Morgan fingerprint density at radius 2 is 2.23 bits per heavy atom. The van der Waals surface area contributed by atoms with Gasteiger partial charge in [0.05, 0.1) is 6.42 Å².